The van der Waals surface area contributed by atoms with Crippen LogP contribution in [-0.4, -0.2) is 5.11 Å². The first kappa shape index (κ1) is 11.8. The van der Waals surface area contributed by atoms with E-state index in [1.165, 1.54) is 11.1 Å². The van der Waals surface area contributed by atoms with Gasteiger partial charge in [-0.3, -0.25) is 0 Å². The Morgan fingerprint density at radius 3 is 2.81 bits per heavy atom. The molecular formula is C13H13BrOS. The maximum Gasteiger partial charge on any atom is 0.0831 e. The highest BCUT2D eigenvalue weighted by Crippen LogP contribution is 2.24. The summed E-state index contributed by atoms with van der Waals surface area (Å²) in [6.07, 6.45) is 0.255. The van der Waals surface area contributed by atoms with Crippen LogP contribution >= 0.6 is 27.3 Å². The van der Waals surface area contributed by atoms with Gasteiger partial charge in [0.1, 0.15) is 0 Å². The van der Waals surface area contributed by atoms with Crippen molar-refractivity contribution >= 4 is 27.3 Å². The molecule has 1 heterocycles. The molecule has 0 aliphatic heterocycles. The van der Waals surface area contributed by atoms with Gasteiger partial charge in [0.05, 0.1) is 6.10 Å². The van der Waals surface area contributed by atoms with Crippen LogP contribution in [0, 0.1) is 6.92 Å². The molecule has 0 bridgehead atoms. The Hall–Kier alpha value is -0.640. The van der Waals surface area contributed by atoms with Crippen molar-refractivity contribution in [3.05, 3.63) is 56.2 Å². The monoisotopic (exact) mass is 296 g/mol. The molecule has 0 aliphatic rings. The standard InChI is InChI=1S/C13H13BrOS/c1-9-2-3-11(7-12(9)14)13(15)6-10-4-5-16-8-10/h2-5,7-8,13,15H,6H2,1H3. The molecule has 2 aromatic rings. The van der Waals surface area contributed by atoms with Crippen LogP contribution in [0.15, 0.2) is 39.5 Å². The molecule has 84 valence electrons. The quantitative estimate of drug-likeness (QED) is 0.904. The highest BCUT2D eigenvalue weighted by molar-refractivity contribution is 9.10. The predicted molar refractivity (Wildman–Crippen MR) is 71.9 cm³/mol. The van der Waals surface area contributed by atoms with E-state index in [1.807, 2.05) is 30.5 Å². The molecule has 3 heteroatoms. The van der Waals surface area contributed by atoms with Gasteiger partial charge in [0.15, 0.2) is 0 Å². The SMILES string of the molecule is Cc1ccc(C(O)Cc2ccsc2)cc1Br. The minimum Gasteiger partial charge on any atom is -0.388 e. The molecule has 1 aromatic heterocycles. The molecule has 0 saturated carbocycles. The lowest BCUT2D eigenvalue weighted by atomic mass is 10.0. The van der Waals surface area contributed by atoms with Gasteiger partial charge in [-0.05, 0) is 46.5 Å². The molecular weight excluding hydrogens is 284 g/mol. The van der Waals surface area contributed by atoms with Gasteiger partial charge in [-0.1, -0.05) is 28.1 Å². The van der Waals surface area contributed by atoms with Crippen LogP contribution in [0.1, 0.15) is 22.8 Å². The summed E-state index contributed by atoms with van der Waals surface area (Å²) < 4.78 is 1.05. The molecule has 0 aliphatic carbocycles. The Morgan fingerprint density at radius 1 is 1.38 bits per heavy atom. The first-order chi connectivity index (χ1) is 7.66. The second-order valence-corrected chi connectivity index (χ2v) is 5.49. The number of hydrogen-bond acceptors (Lipinski definition) is 2. The van der Waals surface area contributed by atoms with E-state index in [0.717, 1.165) is 10.0 Å². The maximum atomic E-state index is 10.1. The average Bonchev–Trinajstić information content (AvgIpc) is 2.74. The molecule has 1 atom stereocenters. The number of aliphatic hydroxyl groups excluding tert-OH is 1. The maximum absolute atomic E-state index is 10.1. The third kappa shape index (κ3) is 2.73. The Balaban J connectivity index is 2.14. The van der Waals surface area contributed by atoms with Crippen LogP contribution in [0.2, 0.25) is 0 Å². The van der Waals surface area contributed by atoms with Gasteiger partial charge in [0.2, 0.25) is 0 Å². The van der Waals surface area contributed by atoms with Crippen molar-refractivity contribution in [1.82, 2.24) is 0 Å². The fourth-order valence-corrected chi connectivity index (χ4v) is 2.64. The third-order valence-corrected chi connectivity index (χ3v) is 4.18. The fraction of sp³-hybridized carbons (Fsp3) is 0.231. The summed E-state index contributed by atoms with van der Waals surface area (Å²) in [5.41, 5.74) is 3.34. The summed E-state index contributed by atoms with van der Waals surface area (Å²) in [6, 6.07) is 8.05. The molecule has 0 amide bonds. The second kappa shape index (κ2) is 5.13. The Labute approximate surface area is 108 Å². The lowest BCUT2D eigenvalue weighted by molar-refractivity contribution is 0.178. The third-order valence-electron chi connectivity index (χ3n) is 2.59. The lowest BCUT2D eigenvalue weighted by Crippen LogP contribution is -2.01. The van der Waals surface area contributed by atoms with Crippen LogP contribution in [-0.2, 0) is 6.42 Å². The fourth-order valence-electron chi connectivity index (χ4n) is 1.57. The van der Waals surface area contributed by atoms with Crippen LogP contribution in [0.4, 0.5) is 0 Å². The number of thiophene rings is 1. The summed E-state index contributed by atoms with van der Waals surface area (Å²) in [4.78, 5) is 0. The van der Waals surface area contributed by atoms with Gasteiger partial charge in [-0.15, -0.1) is 0 Å². The Kier molecular flexibility index (Phi) is 3.79. The molecule has 1 N–H and O–H groups in total. The van der Waals surface area contributed by atoms with E-state index in [9.17, 15) is 5.11 Å². The zero-order chi connectivity index (χ0) is 11.5. The molecule has 1 unspecified atom stereocenters. The van der Waals surface area contributed by atoms with Gasteiger partial charge in [0, 0.05) is 10.9 Å². The van der Waals surface area contributed by atoms with E-state index >= 15 is 0 Å². The number of rotatable bonds is 3. The minimum absolute atomic E-state index is 0.425. The molecule has 16 heavy (non-hydrogen) atoms. The summed E-state index contributed by atoms with van der Waals surface area (Å²) in [6.45, 7) is 2.04. The van der Waals surface area contributed by atoms with Gasteiger partial charge in [-0.25, -0.2) is 0 Å². The van der Waals surface area contributed by atoms with Gasteiger partial charge >= 0.3 is 0 Å². The zero-order valence-electron chi connectivity index (χ0n) is 8.98. The van der Waals surface area contributed by atoms with Gasteiger partial charge in [0.25, 0.3) is 0 Å². The van der Waals surface area contributed by atoms with Gasteiger partial charge < -0.3 is 5.11 Å². The number of hydrogen-bond donors (Lipinski definition) is 1. The molecule has 0 fully saturated rings. The van der Waals surface area contributed by atoms with Crippen molar-refractivity contribution in [2.24, 2.45) is 0 Å². The van der Waals surface area contributed by atoms with E-state index in [1.54, 1.807) is 11.3 Å². The Bertz CT molecular complexity index is 465. The van der Waals surface area contributed by atoms with Crippen LogP contribution in [0.25, 0.3) is 0 Å². The van der Waals surface area contributed by atoms with E-state index < -0.39 is 6.10 Å². The molecule has 0 radical (unpaired) electrons. The van der Waals surface area contributed by atoms with Crippen LogP contribution < -0.4 is 0 Å². The van der Waals surface area contributed by atoms with Crippen molar-refractivity contribution < 1.29 is 5.11 Å². The van der Waals surface area contributed by atoms with Crippen molar-refractivity contribution in [2.75, 3.05) is 0 Å². The first-order valence-electron chi connectivity index (χ1n) is 5.12. The first-order valence-corrected chi connectivity index (χ1v) is 6.85. The molecule has 2 rings (SSSR count). The largest absolute Gasteiger partial charge is 0.388 e. The van der Waals surface area contributed by atoms with Crippen molar-refractivity contribution in [3.8, 4) is 0 Å². The predicted octanol–water partition coefficient (Wildman–Crippen LogP) is 4.10. The average molecular weight is 297 g/mol. The van der Waals surface area contributed by atoms with Crippen molar-refractivity contribution in [1.29, 1.82) is 0 Å². The summed E-state index contributed by atoms with van der Waals surface area (Å²) in [5.74, 6) is 0. The summed E-state index contributed by atoms with van der Waals surface area (Å²) >= 11 is 5.15. The number of aryl methyl sites for hydroxylation is 1. The smallest absolute Gasteiger partial charge is 0.0831 e. The van der Waals surface area contributed by atoms with E-state index in [2.05, 4.69) is 27.4 Å². The number of benzene rings is 1. The summed E-state index contributed by atoms with van der Waals surface area (Å²) in [5, 5.41) is 14.2. The minimum atomic E-state index is -0.425. The van der Waals surface area contributed by atoms with Crippen LogP contribution in [0.5, 0.6) is 0 Å². The molecule has 1 aromatic carbocycles. The molecule has 0 saturated heterocycles. The van der Waals surface area contributed by atoms with E-state index in [4.69, 9.17) is 0 Å². The highest BCUT2D eigenvalue weighted by atomic mass is 79.9. The van der Waals surface area contributed by atoms with E-state index in [0.29, 0.717) is 6.42 Å². The Morgan fingerprint density at radius 2 is 2.19 bits per heavy atom. The van der Waals surface area contributed by atoms with Crippen molar-refractivity contribution in [3.63, 3.8) is 0 Å². The number of halogens is 1. The van der Waals surface area contributed by atoms with Gasteiger partial charge in [-0.2, -0.15) is 11.3 Å². The van der Waals surface area contributed by atoms with E-state index in [-0.39, 0.29) is 0 Å². The number of aliphatic hydroxyl groups is 1. The normalized spacial score (nSPS) is 12.7. The topological polar surface area (TPSA) is 20.2 Å². The zero-order valence-corrected chi connectivity index (χ0v) is 11.4. The second-order valence-electron chi connectivity index (χ2n) is 3.86. The summed E-state index contributed by atoms with van der Waals surface area (Å²) in [7, 11) is 0. The molecule has 1 nitrogen and oxygen atoms in total. The van der Waals surface area contributed by atoms with Crippen LogP contribution in [0.3, 0.4) is 0 Å². The lowest BCUT2D eigenvalue weighted by Gasteiger charge is -2.11. The highest BCUT2D eigenvalue weighted by Gasteiger charge is 2.09. The van der Waals surface area contributed by atoms with Crippen molar-refractivity contribution in [2.45, 2.75) is 19.4 Å². The molecule has 0 spiro atoms.